The maximum absolute atomic E-state index is 11.5. The molecule has 0 saturated heterocycles. The highest BCUT2D eigenvalue weighted by atomic mass is 16.5. The molecule has 0 radical (unpaired) electrons. The summed E-state index contributed by atoms with van der Waals surface area (Å²) >= 11 is 0. The Hall–Kier alpha value is -1.51. The van der Waals surface area contributed by atoms with E-state index in [1.54, 1.807) is 12.1 Å². The van der Waals surface area contributed by atoms with Crippen molar-refractivity contribution < 1.29 is 34.0 Å². The summed E-state index contributed by atoms with van der Waals surface area (Å²) in [7, 11) is 0. The number of unbranched alkanes of at least 4 members (excludes halogenated alkanes) is 3. The molecule has 1 aromatic rings. The molecule has 7 heteroatoms. The summed E-state index contributed by atoms with van der Waals surface area (Å²) in [4.78, 5) is 11.5. The van der Waals surface area contributed by atoms with Gasteiger partial charge < -0.3 is 29.2 Å². The number of hydrogen-bond donors (Lipinski definition) is 2. The fourth-order valence-corrected chi connectivity index (χ4v) is 2.01. The van der Waals surface area contributed by atoms with Gasteiger partial charge in [-0.2, -0.15) is 0 Å². The first kappa shape index (κ1) is 30.7. The number of rotatable bonds is 15. The third-order valence-electron chi connectivity index (χ3n) is 3.49. The van der Waals surface area contributed by atoms with E-state index in [1.807, 2.05) is 32.0 Å². The van der Waals surface area contributed by atoms with Crippen LogP contribution < -0.4 is 0 Å². The summed E-state index contributed by atoms with van der Waals surface area (Å²) < 4.78 is 19.7. The number of esters is 1. The summed E-state index contributed by atoms with van der Waals surface area (Å²) in [5.74, 6) is -0.216. The molecule has 176 valence electrons. The molecule has 0 bridgehead atoms. The molecule has 0 atom stereocenters. The Morgan fingerprint density at radius 3 is 1.73 bits per heavy atom. The predicted octanol–water partition coefficient (Wildman–Crippen LogP) is 3.47. The quantitative estimate of drug-likeness (QED) is 0.325. The zero-order valence-electron chi connectivity index (χ0n) is 19.0. The average Bonchev–Trinajstić information content (AvgIpc) is 2.78. The average molecular weight is 431 g/mol. The van der Waals surface area contributed by atoms with E-state index < -0.39 is 0 Å². The van der Waals surface area contributed by atoms with Crippen molar-refractivity contribution in [3.63, 3.8) is 0 Å². The molecule has 0 aromatic heterocycles. The van der Waals surface area contributed by atoms with Crippen LogP contribution in [0.3, 0.4) is 0 Å². The number of aliphatic hydroxyl groups excluding tert-OH is 2. The molecule has 0 amide bonds. The predicted molar refractivity (Wildman–Crippen MR) is 119 cm³/mol. The van der Waals surface area contributed by atoms with Crippen LogP contribution in [0.5, 0.6) is 0 Å². The molecule has 2 N–H and O–H groups in total. The van der Waals surface area contributed by atoms with Gasteiger partial charge in [-0.1, -0.05) is 44.4 Å². The highest BCUT2D eigenvalue weighted by molar-refractivity contribution is 5.89. The Morgan fingerprint density at radius 2 is 1.30 bits per heavy atom. The first-order chi connectivity index (χ1) is 14.7. The van der Waals surface area contributed by atoms with E-state index in [4.69, 9.17) is 29.2 Å². The fraction of sp³-hybridized carbons (Fsp3) is 0.696. The van der Waals surface area contributed by atoms with Gasteiger partial charge >= 0.3 is 5.97 Å². The SMILES string of the molecule is CCCCCCOC(=O)c1ccccc1.CCOCC.OCCOCCOCCO. The third-order valence-corrected chi connectivity index (χ3v) is 3.49. The second kappa shape index (κ2) is 27.5. The standard InChI is InChI=1S/C13H18O2.C6H14O4.C4H10O/c1-2-3-4-8-11-15-13(14)12-9-6-5-7-10-12;7-1-3-9-5-6-10-4-2-8;1-3-5-4-2/h5-7,9-10H,2-4,8,11H2,1H3;7-8H,1-6H2;3-4H2,1-2H3. The van der Waals surface area contributed by atoms with Crippen molar-refractivity contribution in [3.8, 4) is 0 Å². The minimum atomic E-state index is -0.216. The Kier molecular flexibility index (Phi) is 28.1. The maximum atomic E-state index is 11.5. The van der Waals surface area contributed by atoms with E-state index in [-0.39, 0.29) is 19.2 Å². The summed E-state index contributed by atoms with van der Waals surface area (Å²) in [6, 6.07) is 9.11. The van der Waals surface area contributed by atoms with Gasteiger partial charge in [-0.3, -0.25) is 0 Å². The zero-order valence-corrected chi connectivity index (χ0v) is 19.0. The second-order valence-corrected chi connectivity index (χ2v) is 6.02. The normalized spacial score (nSPS) is 9.77. The van der Waals surface area contributed by atoms with Crippen LogP contribution in [0.1, 0.15) is 56.8 Å². The van der Waals surface area contributed by atoms with Crippen molar-refractivity contribution in [1.29, 1.82) is 0 Å². The number of aliphatic hydroxyl groups is 2. The number of carbonyl (C=O) groups is 1. The molecule has 0 aliphatic rings. The molecule has 0 saturated carbocycles. The van der Waals surface area contributed by atoms with Gasteiger partial charge in [0.05, 0.1) is 51.8 Å². The van der Waals surface area contributed by atoms with Crippen molar-refractivity contribution in [2.45, 2.75) is 46.5 Å². The molecule has 0 aliphatic heterocycles. The molecule has 0 heterocycles. The minimum Gasteiger partial charge on any atom is -0.462 e. The van der Waals surface area contributed by atoms with Crippen LogP contribution in [-0.4, -0.2) is 75.6 Å². The van der Waals surface area contributed by atoms with Gasteiger partial charge in [0.2, 0.25) is 0 Å². The van der Waals surface area contributed by atoms with Crippen LogP contribution in [0.15, 0.2) is 30.3 Å². The summed E-state index contributed by atoms with van der Waals surface area (Å²) in [5.41, 5.74) is 0.632. The van der Waals surface area contributed by atoms with Crippen molar-refractivity contribution in [2.24, 2.45) is 0 Å². The highest BCUT2D eigenvalue weighted by Crippen LogP contribution is 2.03. The molecular weight excluding hydrogens is 388 g/mol. The molecule has 30 heavy (non-hydrogen) atoms. The molecule has 1 aromatic carbocycles. The fourth-order valence-electron chi connectivity index (χ4n) is 2.01. The third kappa shape index (κ3) is 24.5. The smallest absolute Gasteiger partial charge is 0.338 e. The number of hydrogen-bond acceptors (Lipinski definition) is 7. The van der Waals surface area contributed by atoms with Gasteiger partial charge in [0.25, 0.3) is 0 Å². The van der Waals surface area contributed by atoms with Crippen LogP contribution >= 0.6 is 0 Å². The van der Waals surface area contributed by atoms with Crippen LogP contribution in [-0.2, 0) is 18.9 Å². The van der Waals surface area contributed by atoms with Crippen LogP contribution in [0.25, 0.3) is 0 Å². The lowest BCUT2D eigenvalue weighted by Crippen LogP contribution is -2.09. The first-order valence-corrected chi connectivity index (χ1v) is 10.8. The minimum absolute atomic E-state index is 0.0417. The summed E-state index contributed by atoms with van der Waals surface area (Å²) in [5, 5.41) is 16.5. The Bertz CT molecular complexity index is 430. The summed E-state index contributed by atoms with van der Waals surface area (Å²) in [6.45, 7) is 10.1. The van der Waals surface area contributed by atoms with E-state index >= 15 is 0 Å². The molecule has 0 spiro atoms. The highest BCUT2D eigenvalue weighted by Gasteiger charge is 2.04. The maximum Gasteiger partial charge on any atom is 0.338 e. The Balaban J connectivity index is 0. The molecule has 7 nitrogen and oxygen atoms in total. The van der Waals surface area contributed by atoms with Crippen molar-refractivity contribution >= 4 is 5.97 Å². The molecular formula is C23H42O7. The first-order valence-electron chi connectivity index (χ1n) is 10.8. The van der Waals surface area contributed by atoms with E-state index in [9.17, 15) is 4.79 Å². The van der Waals surface area contributed by atoms with Gasteiger partial charge in [0.1, 0.15) is 0 Å². The summed E-state index contributed by atoms with van der Waals surface area (Å²) in [6.07, 6.45) is 4.51. The van der Waals surface area contributed by atoms with Crippen molar-refractivity contribution in [2.75, 3.05) is 59.5 Å². The van der Waals surface area contributed by atoms with E-state index in [1.165, 1.54) is 12.8 Å². The Morgan fingerprint density at radius 1 is 0.733 bits per heavy atom. The lowest BCUT2D eigenvalue weighted by atomic mass is 10.2. The van der Waals surface area contributed by atoms with Crippen LogP contribution in [0.2, 0.25) is 0 Å². The lowest BCUT2D eigenvalue weighted by Gasteiger charge is -2.03. The largest absolute Gasteiger partial charge is 0.462 e. The zero-order chi connectivity index (χ0) is 22.7. The second-order valence-electron chi connectivity index (χ2n) is 6.02. The Labute approximate surface area is 182 Å². The molecule has 1 rings (SSSR count). The molecule has 0 unspecified atom stereocenters. The van der Waals surface area contributed by atoms with Gasteiger partial charge in [-0.15, -0.1) is 0 Å². The van der Waals surface area contributed by atoms with E-state index in [0.29, 0.717) is 38.6 Å². The molecule has 0 aliphatic carbocycles. The van der Waals surface area contributed by atoms with Crippen molar-refractivity contribution in [1.82, 2.24) is 0 Å². The van der Waals surface area contributed by atoms with E-state index in [0.717, 1.165) is 26.1 Å². The van der Waals surface area contributed by atoms with Crippen LogP contribution in [0.4, 0.5) is 0 Å². The lowest BCUT2D eigenvalue weighted by molar-refractivity contribution is 0.0222. The van der Waals surface area contributed by atoms with Gasteiger partial charge in [-0.25, -0.2) is 4.79 Å². The van der Waals surface area contributed by atoms with Gasteiger partial charge in [0, 0.05) is 13.2 Å². The van der Waals surface area contributed by atoms with Crippen LogP contribution in [0, 0.1) is 0 Å². The monoisotopic (exact) mass is 430 g/mol. The van der Waals surface area contributed by atoms with Crippen molar-refractivity contribution in [3.05, 3.63) is 35.9 Å². The number of carbonyl (C=O) groups excluding carboxylic acids is 1. The van der Waals surface area contributed by atoms with E-state index in [2.05, 4.69) is 6.92 Å². The van der Waals surface area contributed by atoms with Gasteiger partial charge in [-0.05, 0) is 32.4 Å². The molecule has 0 fully saturated rings. The number of ether oxygens (including phenoxy) is 4. The van der Waals surface area contributed by atoms with Gasteiger partial charge in [0.15, 0.2) is 0 Å². The topological polar surface area (TPSA) is 94.5 Å². The number of benzene rings is 1.